The van der Waals surface area contributed by atoms with Gasteiger partial charge in [-0.1, -0.05) is 23.7 Å². The number of alkyl halides is 1. The summed E-state index contributed by atoms with van der Waals surface area (Å²) < 4.78 is 11.8. The van der Waals surface area contributed by atoms with Crippen molar-refractivity contribution in [3.05, 3.63) is 41.7 Å². The van der Waals surface area contributed by atoms with E-state index in [9.17, 15) is 9.59 Å². The highest BCUT2D eigenvalue weighted by molar-refractivity contribution is 6.17. The van der Waals surface area contributed by atoms with Crippen LogP contribution in [0.4, 0.5) is 4.79 Å². The van der Waals surface area contributed by atoms with E-state index in [4.69, 9.17) is 21.1 Å². The molecule has 0 spiro atoms. The topological polar surface area (TPSA) is 99.4 Å². The van der Waals surface area contributed by atoms with E-state index < -0.39 is 11.6 Å². The molecule has 0 aliphatic carbocycles. The molecule has 0 unspecified atom stereocenters. The SMILES string of the molecule is CC(C)(C)OC(=O)N1CC=C(c2ccc(-n3cnnn3)c(C(=O)OCCl)c2)CC1. The molecule has 154 valence electrons. The molecule has 0 bridgehead atoms. The van der Waals surface area contributed by atoms with Gasteiger partial charge in [0.15, 0.2) is 6.07 Å². The van der Waals surface area contributed by atoms with E-state index in [1.54, 1.807) is 17.0 Å². The predicted molar refractivity (Wildman–Crippen MR) is 106 cm³/mol. The van der Waals surface area contributed by atoms with E-state index in [-0.39, 0.29) is 12.2 Å². The lowest BCUT2D eigenvalue weighted by molar-refractivity contribution is 0.0270. The van der Waals surface area contributed by atoms with Crippen LogP contribution in [0.2, 0.25) is 0 Å². The van der Waals surface area contributed by atoms with Crippen LogP contribution in [0.3, 0.4) is 0 Å². The fraction of sp³-hybridized carbons (Fsp3) is 0.421. The Labute approximate surface area is 173 Å². The summed E-state index contributed by atoms with van der Waals surface area (Å²) in [6, 6.07) is 5.09. The molecule has 1 aliphatic heterocycles. The van der Waals surface area contributed by atoms with Crippen LogP contribution in [0.15, 0.2) is 30.6 Å². The van der Waals surface area contributed by atoms with Crippen LogP contribution in [-0.4, -0.2) is 61.9 Å². The molecule has 10 heteroatoms. The Morgan fingerprint density at radius 1 is 1.28 bits per heavy atom. The normalized spacial score (nSPS) is 14.3. The molecule has 0 saturated heterocycles. The average Bonchev–Trinajstić information content (AvgIpc) is 3.21. The molecule has 1 aliphatic rings. The van der Waals surface area contributed by atoms with Crippen LogP contribution in [0.1, 0.15) is 43.1 Å². The average molecular weight is 420 g/mol. The van der Waals surface area contributed by atoms with Crippen molar-refractivity contribution < 1.29 is 19.1 Å². The number of tetrazole rings is 1. The predicted octanol–water partition coefficient (Wildman–Crippen LogP) is 3.04. The zero-order valence-corrected chi connectivity index (χ0v) is 17.2. The molecule has 9 nitrogen and oxygen atoms in total. The first-order valence-electron chi connectivity index (χ1n) is 9.06. The Balaban J connectivity index is 1.83. The second kappa shape index (κ2) is 8.60. The smallest absolute Gasteiger partial charge is 0.410 e. The number of hydrogen-bond acceptors (Lipinski definition) is 7. The van der Waals surface area contributed by atoms with Gasteiger partial charge >= 0.3 is 12.1 Å². The van der Waals surface area contributed by atoms with Crippen molar-refractivity contribution in [1.82, 2.24) is 25.1 Å². The van der Waals surface area contributed by atoms with Crippen LogP contribution in [0, 0.1) is 0 Å². The van der Waals surface area contributed by atoms with Gasteiger partial charge in [0.2, 0.25) is 0 Å². The van der Waals surface area contributed by atoms with E-state index in [1.807, 2.05) is 32.9 Å². The van der Waals surface area contributed by atoms with Crippen molar-refractivity contribution in [3.63, 3.8) is 0 Å². The van der Waals surface area contributed by atoms with Gasteiger partial charge in [-0.15, -0.1) is 5.10 Å². The van der Waals surface area contributed by atoms with Crippen molar-refractivity contribution in [3.8, 4) is 5.69 Å². The lowest BCUT2D eigenvalue weighted by Gasteiger charge is -2.29. The maximum absolute atomic E-state index is 12.4. The van der Waals surface area contributed by atoms with Crippen molar-refractivity contribution in [2.45, 2.75) is 32.8 Å². The summed E-state index contributed by atoms with van der Waals surface area (Å²) in [5.41, 5.74) is 2.12. The largest absolute Gasteiger partial charge is 0.446 e. The minimum Gasteiger partial charge on any atom is -0.446 e. The van der Waals surface area contributed by atoms with E-state index in [2.05, 4.69) is 15.5 Å². The molecule has 1 aromatic heterocycles. The van der Waals surface area contributed by atoms with Gasteiger partial charge in [0.1, 0.15) is 11.9 Å². The van der Waals surface area contributed by atoms with Crippen LogP contribution in [-0.2, 0) is 9.47 Å². The number of rotatable bonds is 4. The molecule has 3 rings (SSSR count). The number of nitrogens with zero attached hydrogens (tertiary/aromatic N) is 5. The number of benzene rings is 1. The molecule has 0 fully saturated rings. The Hall–Kier alpha value is -2.94. The van der Waals surface area contributed by atoms with Crippen molar-refractivity contribution in [1.29, 1.82) is 0 Å². The zero-order valence-electron chi connectivity index (χ0n) is 16.5. The quantitative estimate of drug-likeness (QED) is 0.554. The second-order valence-electron chi connectivity index (χ2n) is 7.43. The summed E-state index contributed by atoms with van der Waals surface area (Å²) in [5, 5.41) is 11.0. The molecule has 1 amide bonds. The highest BCUT2D eigenvalue weighted by Gasteiger charge is 2.24. The van der Waals surface area contributed by atoms with E-state index in [0.717, 1.165) is 11.1 Å². The fourth-order valence-electron chi connectivity index (χ4n) is 2.92. The number of aromatic nitrogens is 4. The molecule has 0 N–H and O–H groups in total. The summed E-state index contributed by atoms with van der Waals surface area (Å²) in [6.07, 6.45) is 3.64. The van der Waals surface area contributed by atoms with Crippen molar-refractivity contribution in [2.75, 3.05) is 19.2 Å². The number of esters is 1. The molecule has 0 atom stereocenters. The Kier molecular flexibility index (Phi) is 6.17. The lowest BCUT2D eigenvalue weighted by Crippen LogP contribution is -2.39. The van der Waals surface area contributed by atoms with Crippen LogP contribution in [0.25, 0.3) is 11.3 Å². The first-order valence-corrected chi connectivity index (χ1v) is 9.60. The summed E-state index contributed by atoms with van der Waals surface area (Å²) in [6.45, 7) is 6.47. The lowest BCUT2D eigenvalue weighted by atomic mass is 9.97. The third-order valence-electron chi connectivity index (χ3n) is 4.23. The minimum atomic E-state index is -0.570. The summed E-state index contributed by atoms with van der Waals surface area (Å²) >= 11 is 5.55. The molecule has 0 saturated carbocycles. The summed E-state index contributed by atoms with van der Waals surface area (Å²) in [7, 11) is 0. The maximum Gasteiger partial charge on any atom is 0.410 e. The van der Waals surface area contributed by atoms with Crippen molar-refractivity contribution in [2.24, 2.45) is 0 Å². The zero-order chi connectivity index (χ0) is 21.0. The van der Waals surface area contributed by atoms with Gasteiger partial charge in [0.05, 0.1) is 11.3 Å². The Morgan fingerprint density at radius 2 is 2.07 bits per heavy atom. The molecule has 1 aromatic carbocycles. The molecular formula is C19H22ClN5O4. The van der Waals surface area contributed by atoms with Gasteiger partial charge in [0, 0.05) is 13.1 Å². The van der Waals surface area contributed by atoms with E-state index in [0.29, 0.717) is 30.8 Å². The third-order valence-corrected chi connectivity index (χ3v) is 4.34. The highest BCUT2D eigenvalue weighted by Crippen LogP contribution is 2.27. The molecule has 2 heterocycles. The Morgan fingerprint density at radius 3 is 2.66 bits per heavy atom. The number of hydrogen-bond donors (Lipinski definition) is 0. The van der Waals surface area contributed by atoms with Crippen molar-refractivity contribution >= 4 is 29.2 Å². The number of carbonyl (C=O) groups is 2. The van der Waals surface area contributed by atoms with Gasteiger partial charge in [-0.3, -0.25) is 0 Å². The van der Waals surface area contributed by atoms with Crippen LogP contribution >= 0.6 is 11.6 Å². The number of amides is 1. The maximum atomic E-state index is 12.4. The van der Waals surface area contributed by atoms with E-state index >= 15 is 0 Å². The standard InChI is InChI=1S/C19H22ClN5O4/c1-19(2,3)29-18(27)24-8-6-13(7-9-24)14-4-5-16(25-12-21-22-23-25)15(10-14)17(26)28-11-20/h4-6,10,12H,7-9,11H2,1-3H3. The van der Waals surface area contributed by atoms with Gasteiger partial charge in [-0.05, 0) is 60.9 Å². The minimum absolute atomic E-state index is 0.258. The second-order valence-corrected chi connectivity index (χ2v) is 7.65. The number of ether oxygens (including phenoxy) is 2. The van der Waals surface area contributed by atoms with E-state index in [1.165, 1.54) is 11.0 Å². The van der Waals surface area contributed by atoms with Gasteiger partial charge < -0.3 is 14.4 Å². The molecule has 0 radical (unpaired) electrons. The molecular weight excluding hydrogens is 398 g/mol. The van der Waals surface area contributed by atoms with Crippen LogP contribution in [0.5, 0.6) is 0 Å². The molecule has 29 heavy (non-hydrogen) atoms. The number of halogens is 1. The highest BCUT2D eigenvalue weighted by atomic mass is 35.5. The third kappa shape index (κ3) is 5.11. The number of carbonyl (C=O) groups excluding carboxylic acids is 2. The first kappa shape index (κ1) is 20.8. The van der Waals surface area contributed by atoms with Gasteiger partial charge in [-0.2, -0.15) is 4.68 Å². The summed E-state index contributed by atoms with van der Waals surface area (Å²) in [4.78, 5) is 26.3. The van der Waals surface area contributed by atoms with Gasteiger partial charge in [-0.25, -0.2) is 9.59 Å². The summed E-state index contributed by atoms with van der Waals surface area (Å²) in [5.74, 6) is -0.570. The molecule has 2 aromatic rings. The van der Waals surface area contributed by atoms with Gasteiger partial charge in [0.25, 0.3) is 0 Å². The van der Waals surface area contributed by atoms with Crippen LogP contribution < -0.4 is 0 Å². The Bertz CT molecular complexity index is 921. The monoisotopic (exact) mass is 419 g/mol. The fourth-order valence-corrected chi connectivity index (χ4v) is 3.02. The first-order chi connectivity index (χ1) is 13.8.